The van der Waals surface area contributed by atoms with Crippen LogP contribution in [-0.2, 0) is 11.3 Å². The van der Waals surface area contributed by atoms with E-state index in [-0.39, 0.29) is 18.7 Å². The number of carbonyl (C=O) groups is 1. The molecule has 1 heterocycles. The van der Waals surface area contributed by atoms with Gasteiger partial charge in [-0.2, -0.15) is 0 Å². The van der Waals surface area contributed by atoms with Crippen molar-refractivity contribution >= 4 is 5.91 Å². The number of nitrogens with one attached hydrogen (secondary N) is 1. The molecule has 2 N–H and O–H groups in total. The van der Waals surface area contributed by atoms with Gasteiger partial charge in [-0.1, -0.05) is 18.6 Å². The molecule has 0 bridgehead atoms. The largest absolute Gasteiger partial charge is 0.379 e. The van der Waals surface area contributed by atoms with Crippen molar-refractivity contribution in [2.24, 2.45) is 0 Å². The molecule has 2 fully saturated rings. The first-order valence-electron chi connectivity index (χ1n) is 8.18. The van der Waals surface area contributed by atoms with Crippen LogP contribution in [0.2, 0.25) is 0 Å². The minimum absolute atomic E-state index is 0.0197. The highest BCUT2D eigenvalue weighted by molar-refractivity contribution is 5.86. The number of nitrogens with zero attached hydrogens (tertiary/aromatic N) is 1. The summed E-state index contributed by atoms with van der Waals surface area (Å²) in [4.78, 5) is 14.0. The maximum atomic E-state index is 13.8. The van der Waals surface area contributed by atoms with Crippen LogP contribution in [0.4, 0.5) is 8.78 Å². The minimum atomic E-state index is -1.45. The van der Waals surface area contributed by atoms with Gasteiger partial charge in [0.05, 0.1) is 0 Å². The predicted octanol–water partition coefficient (Wildman–Crippen LogP) is 1.96. The molecule has 1 saturated heterocycles. The van der Waals surface area contributed by atoms with Gasteiger partial charge in [-0.05, 0) is 31.7 Å². The lowest BCUT2D eigenvalue weighted by molar-refractivity contribution is -0.157. The van der Waals surface area contributed by atoms with Crippen LogP contribution in [0.1, 0.15) is 37.7 Å². The molecule has 4 nitrogen and oxygen atoms in total. The van der Waals surface area contributed by atoms with Crippen molar-refractivity contribution in [3.63, 3.8) is 0 Å². The van der Waals surface area contributed by atoms with Gasteiger partial charge in [0.25, 0.3) is 5.91 Å². The average molecular weight is 324 g/mol. The summed E-state index contributed by atoms with van der Waals surface area (Å²) >= 11 is 0. The second kappa shape index (κ2) is 6.53. The fraction of sp³-hybridized carbons (Fsp3) is 0.588. The van der Waals surface area contributed by atoms with E-state index in [2.05, 4.69) is 5.32 Å². The highest BCUT2D eigenvalue weighted by Crippen LogP contribution is 2.26. The Kier molecular flexibility index (Phi) is 4.64. The monoisotopic (exact) mass is 324 g/mol. The first-order valence-corrected chi connectivity index (χ1v) is 8.18. The van der Waals surface area contributed by atoms with Crippen LogP contribution in [0.25, 0.3) is 0 Å². The number of likely N-dealkylation sites (tertiary alicyclic amines) is 1. The number of halogens is 2. The highest BCUT2D eigenvalue weighted by atomic mass is 19.2. The molecule has 0 aromatic heterocycles. The molecule has 126 valence electrons. The molecule has 2 aliphatic rings. The summed E-state index contributed by atoms with van der Waals surface area (Å²) in [6, 6.07) is 4.32. The quantitative estimate of drug-likeness (QED) is 0.870. The van der Waals surface area contributed by atoms with E-state index in [1.807, 2.05) is 0 Å². The summed E-state index contributed by atoms with van der Waals surface area (Å²) in [7, 11) is 0. The Balaban J connectivity index is 1.67. The Morgan fingerprint density at radius 3 is 2.78 bits per heavy atom. The van der Waals surface area contributed by atoms with Gasteiger partial charge in [0.2, 0.25) is 0 Å². The molecule has 1 aromatic rings. The molecule has 3 rings (SSSR count). The lowest BCUT2D eigenvalue weighted by atomic mass is 9.88. The Labute approximate surface area is 134 Å². The van der Waals surface area contributed by atoms with E-state index in [4.69, 9.17) is 0 Å². The Morgan fingerprint density at radius 1 is 1.30 bits per heavy atom. The van der Waals surface area contributed by atoms with Crippen molar-refractivity contribution in [1.29, 1.82) is 0 Å². The van der Waals surface area contributed by atoms with Crippen molar-refractivity contribution in [3.8, 4) is 0 Å². The van der Waals surface area contributed by atoms with Crippen molar-refractivity contribution in [2.75, 3.05) is 13.1 Å². The molecule has 0 unspecified atom stereocenters. The SMILES string of the molecule is O=C1N(Cc2cccc(F)c2F)CCC[C@@]1(O)CNC1CCC1. The number of hydrogen-bond acceptors (Lipinski definition) is 3. The molecule has 1 saturated carbocycles. The van der Waals surface area contributed by atoms with Crippen LogP contribution in [0.3, 0.4) is 0 Å². The number of rotatable bonds is 5. The zero-order valence-electron chi connectivity index (χ0n) is 13.0. The summed E-state index contributed by atoms with van der Waals surface area (Å²) in [6.07, 6.45) is 4.36. The second-order valence-electron chi connectivity index (χ2n) is 6.58. The van der Waals surface area contributed by atoms with E-state index >= 15 is 0 Å². The lowest BCUT2D eigenvalue weighted by Gasteiger charge is -2.40. The predicted molar refractivity (Wildman–Crippen MR) is 81.6 cm³/mol. The smallest absolute Gasteiger partial charge is 0.256 e. The molecule has 1 atom stereocenters. The van der Waals surface area contributed by atoms with Crippen LogP contribution in [-0.4, -0.2) is 40.6 Å². The van der Waals surface area contributed by atoms with Gasteiger partial charge in [-0.25, -0.2) is 8.78 Å². The molecule has 0 spiro atoms. The van der Waals surface area contributed by atoms with Gasteiger partial charge < -0.3 is 15.3 Å². The van der Waals surface area contributed by atoms with Crippen LogP contribution in [0, 0.1) is 11.6 Å². The fourth-order valence-electron chi connectivity index (χ4n) is 3.18. The Hall–Kier alpha value is -1.53. The zero-order valence-corrected chi connectivity index (χ0v) is 13.0. The number of carbonyl (C=O) groups excluding carboxylic acids is 1. The number of aliphatic hydroxyl groups is 1. The number of benzene rings is 1. The Morgan fingerprint density at radius 2 is 2.09 bits per heavy atom. The molecule has 1 amide bonds. The standard InChI is InChI=1S/C17H22F2N2O2/c18-14-7-1-4-12(15(14)19)10-21-9-3-8-17(23,16(21)22)11-20-13-5-2-6-13/h1,4,7,13,20,23H,2-3,5-6,8-11H2/t17-/m1/s1. The molecule has 23 heavy (non-hydrogen) atoms. The third-order valence-corrected chi connectivity index (χ3v) is 4.88. The van der Waals surface area contributed by atoms with Gasteiger partial charge in [0, 0.05) is 31.2 Å². The number of amides is 1. The summed E-state index contributed by atoms with van der Waals surface area (Å²) in [5, 5.41) is 13.9. The van der Waals surface area contributed by atoms with Crippen LogP contribution in [0.5, 0.6) is 0 Å². The van der Waals surface area contributed by atoms with E-state index in [9.17, 15) is 18.7 Å². The number of hydrogen-bond donors (Lipinski definition) is 2. The molecule has 1 aromatic carbocycles. The normalized spacial score (nSPS) is 25.5. The van der Waals surface area contributed by atoms with Gasteiger partial charge in [-0.3, -0.25) is 4.79 Å². The molecule has 0 radical (unpaired) electrons. The van der Waals surface area contributed by atoms with E-state index in [0.717, 1.165) is 18.9 Å². The van der Waals surface area contributed by atoms with E-state index in [1.54, 1.807) is 0 Å². The Bertz CT molecular complexity index is 592. The molecular weight excluding hydrogens is 302 g/mol. The van der Waals surface area contributed by atoms with Gasteiger partial charge >= 0.3 is 0 Å². The van der Waals surface area contributed by atoms with Gasteiger partial charge in [-0.15, -0.1) is 0 Å². The zero-order chi connectivity index (χ0) is 16.4. The third kappa shape index (κ3) is 3.38. The van der Waals surface area contributed by atoms with Gasteiger partial charge in [0.1, 0.15) is 0 Å². The van der Waals surface area contributed by atoms with Crippen molar-refractivity contribution in [1.82, 2.24) is 10.2 Å². The van der Waals surface area contributed by atoms with E-state index in [1.165, 1.54) is 23.5 Å². The maximum absolute atomic E-state index is 13.8. The lowest BCUT2D eigenvalue weighted by Crippen LogP contribution is -2.59. The minimum Gasteiger partial charge on any atom is -0.379 e. The summed E-state index contributed by atoms with van der Waals surface area (Å²) in [5.41, 5.74) is -1.31. The second-order valence-corrected chi connectivity index (χ2v) is 6.58. The van der Waals surface area contributed by atoms with E-state index < -0.39 is 23.1 Å². The van der Waals surface area contributed by atoms with Crippen molar-refractivity contribution < 1.29 is 18.7 Å². The first-order chi connectivity index (χ1) is 11.0. The molecule has 1 aliphatic heterocycles. The van der Waals surface area contributed by atoms with Crippen molar-refractivity contribution in [2.45, 2.75) is 50.3 Å². The average Bonchev–Trinajstić information content (AvgIpc) is 2.47. The molecule has 1 aliphatic carbocycles. The number of piperidine rings is 1. The first kappa shape index (κ1) is 16.3. The summed E-state index contributed by atoms with van der Waals surface area (Å²) < 4.78 is 27.1. The third-order valence-electron chi connectivity index (χ3n) is 4.88. The molecule has 6 heteroatoms. The fourth-order valence-corrected chi connectivity index (χ4v) is 3.18. The van der Waals surface area contributed by atoms with E-state index in [0.29, 0.717) is 25.4 Å². The molecular formula is C17H22F2N2O2. The summed E-state index contributed by atoms with van der Waals surface area (Å²) in [5.74, 6) is -2.25. The van der Waals surface area contributed by atoms with Gasteiger partial charge in [0.15, 0.2) is 17.2 Å². The highest BCUT2D eigenvalue weighted by Gasteiger charge is 2.42. The maximum Gasteiger partial charge on any atom is 0.256 e. The van der Waals surface area contributed by atoms with Crippen LogP contribution in [0.15, 0.2) is 18.2 Å². The topological polar surface area (TPSA) is 52.6 Å². The summed E-state index contributed by atoms with van der Waals surface area (Å²) in [6.45, 7) is 0.646. The van der Waals surface area contributed by atoms with Crippen LogP contribution < -0.4 is 5.32 Å². The van der Waals surface area contributed by atoms with Crippen molar-refractivity contribution in [3.05, 3.63) is 35.4 Å². The van der Waals surface area contributed by atoms with Crippen LogP contribution >= 0.6 is 0 Å².